The summed E-state index contributed by atoms with van der Waals surface area (Å²) in [7, 11) is 0. The van der Waals surface area contributed by atoms with E-state index in [0.717, 1.165) is 70.3 Å². The van der Waals surface area contributed by atoms with Crippen molar-refractivity contribution in [1.29, 1.82) is 5.26 Å². The van der Waals surface area contributed by atoms with Crippen molar-refractivity contribution in [3.8, 4) is 6.07 Å². The van der Waals surface area contributed by atoms with Gasteiger partial charge in [0.05, 0.1) is 18.1 Å². The Morgan fingerprint density at radius 1 is 1.30 bits per heavy atom. The van der Waals surface area contributed by atoms with E-state index in [9.17, 15) is 5.26 Å². The molecule has 33 heavy (non-hydrogen) atoms. The second-order valence-electron chi connectivity index (χ2n) is 9.22. The van der Waals surface area contributed by atoms with Crippen LogP contribution in [0, 0.1) is 23.2 Å². The number of hydrogen-bond acceptors (Lipinski definition) is 5. The third-order valence-corrected chi connectivity index (χ3v) is 6.88. The number of nitriles is 1. The summed E-state index contributed by atoms with van der Waals surface area (Å²) in [5, 5.41) is 16.3. The minimum Gasteiger partial charge on any atom is -0.490 e. The molecule has 4 rings (SSSR count). The van der Waals surface area contributed by atoms with Gasteiger partial charge in [-0.25, -0.2) is 0 Å². The molecule has 0 saturated heterocycles. The number of rotatable bonds is 10. The van der Waals surface area contributed by atoms with Crippen molar-refractivity contribution in [2.45, 2.75) is 58.0 Å². The fraction of sp³-hybridized carbons (Fsp3) is 0.500. The van der Waals surface area contributed by atoms with Gasteiger partial charge in [0.25, 0.3) is 0 Å². The van der Waals surface area contributed by atoms with Crippen molar-refractivity contribution in [3.05, 3.63) is 77.0 Å². The van der Waals surface area contributed by atoms with Gasteiger partial charge in [-0.3, -0.25) is 4.98 Å². The topological polar surface area (TPSA) is 70.0 Å². The van der Waals surface area contributed by atoms with Gasteiger partial charge >= 0.3 is 0 Å². The molecule has 0 fully saturated rings. The Balaban J connectivity index is 1.36. The number of allylic oxidation sites excluding steroid dienone is 4. The molecule has 5 nitrogen and oxygen atoms in total. The quantitative estimate of drug-likeness (QED) is 0.394. The lowest BCUT2D eigenvalue weighted by molar-refractivity contribution is 0.108. The van der Waals surface area contributed by atoms with E-state index in [-0.39, 0.29) is 12.0 Å². The lowest BCUT2D eigenvalue weighted by atomic mass is 9.76. The van der Waals surface area contributed by atoms with Gasteiger partial charge in [0.15, 0.2) is 0 Å². The molecule has 2 aliphatic carbocycles. The number of ether oxygens (including phenoxy) is 1. The van der Waals surface area contributed by atoms with Crippen LogP contribution in [-0.2, 0) is 11.2 Å². The minimum absolute atomic E-state index is 0.155. The summed E-state index contributed by atoms with van der Waals surface area (Å²) in [5.41, 5.74) is 5.25. The first-order valence-corrected chi connectivity index (χ1v) is 12.5. The molecule has 0 amide bonds. The molecule has 1 aromatic heterocycles. The summed E-state index contributed by atoms with van der Waals surface area (Å²) < 4.78 is 6.62. The van der Waals surface area contributed by atoms with Crippen LogP contribution in [0.5, 0.6) is 0 Å². The monoisotopic (exact) mass is 444 g/mol. The van der Waals surface area contributed by atoms with Crippen LogP contribution in [0.3, 0.4) is 0 Å². The van der Waals surface area contributed by atoms with E-state index in [1.54, 1.807) is 0 Å². The van der Waals surface area contributed by atoms with Gasteiger partial charge in [-0.1, -0.05) is 30.7 Å². The van der Waals surface area contributed by atoms with Crippen molar-refractivity contribution in [3.63, 3.8) is 0 Å². The second-order valence-corrected chi connectivity index (χ2v) is 9.22. The second kappa shape index (κ2) is 11.9. The van der Waals surface area contributed by atoms with Crippen molar-refractivity contribution < 1.29 is 4.74 Å². The third-order valence-electron chi connectivity index (χ3n) is 6.88. The highest BCUT2D eigenvalue weighted by Crippen LogP contribution is 2.41. The average Bonchev–Trinajstić information content (AvgIpc) is 2.88. The molecule has 3 atom stereocenters. The molecule has 0 radical (unpaired) electrons. The Morgan fingerprint density at radius 3 is 3.06 bits per heavy atom. The summed E-state index contributed by atoms with van der Waals surface area (Å²) >= 11 is 0. The highest BCUT2D eigenvalue weighted by atomic mass is 16.5. The molecule has 174 valence electrons. The summed E-state index contributed by atoms with van der Waals surface area (Å²) in [6.45, 7) is 4.96. The number of pyridine rings is 1. The Hall–Kier alpha value is -2.84. The Kier molecular flexibility index (Phi) is 8.38. The van der Waals surface area contributed by atoms with Crippen LogP contribution < -0.4 is 10.6 Å². The van der Waals surface area contributed by atoms with Crippen LogP contribution in [0.25, 0.3) is 0 Å². The normalized spacial score (nSPS) is 23.0. The zero-order chi connectivity index (χ0) is 22.9. The first-order valence-electron chi connectivity index (χ1n) is 12.5. The SMILES string of the molecule is CCC(CCNCCc1cccnc1)OC1=CC(C2=CCCC(C#N)C2)CC2=CCNC=C21. The molecule has 2 N–H and O–H groups in total. The van der Waals surface area contributed by atoms with Crippen LogP contribution in [-0.4, -0.2) is 30.7 Å². The van der Waals surface area contributed by atoms with E-state index in [1.807, 2.05) is 18.5 Å². The van der Waals surface area contributed by atoms with Gasteiger partial charge in [0.1, 0.15) is 5.76 Å². The lowest BCUT2D eigenvalue weighted by Gasteiger charge is -2.33. The van der Waals surface area contributed by atoms with E-state index >= 15 is 0 Å². The van der Waals surface area contributed by atoms with Gasteiger partial charge in [0.2, 0.25) is 0 Å². The van der Waals surface area contributed by atoms with Gasteiger partial charge in [0, 0.05) is 36.6 Å². The number of dihydropyridines is 1. The van der Waals surface area contributed by atoms with Crippen molar-refractivity contribution in [2.75, 3.05) is 19.6 Å². The first-order chi connectivity index (χ1) is 16.3. The molecule has 0 saturated carbocycles. The van der Waals surface area contributed by atoms with E-state index in [1.165, 1.54) is 22.3 Å². The zero-order valence-electron chi connectivity index (χ0n) is 19.7. The molecule has 1 aliphatic heterocycles. The van der Waals surface area contributed by atoms with Gasteiger partial charge in [-0.2, -0.15) is 5.26 Å². The maximum absolute atomic E-state index is 9.43. The highest BCUT2D eigenvalue weighted by Gasteiger charge is 2.29. The fourth-order valence-electron chi connectivity index (χ4n) is 4.92. The van der Waals surface area contributed by atoms with Crippen molar-refractivity contribution >= 4 is 0 Å². The lowest BCUT2D eigenvalue weighted by Crippen LogP contribution is -2.26. The molecule has 0 spiro atoms. The summed E-state index contributed by atoms with van der Waals surface area (Å²) in [4.78, 5) is 4.18. The standard InChI is InChI=1S/C28H36N4O/c1-2-26(10-14-30-12-8-21-6-4-11-31-19-21)33-28-17-25(16-24-9-13-32-20-27(24)28)23-7-3-5-22(15-23)18-29/h4,6-7,9,11,17,19-20,22,25-26,30,32H,2-3,5,8,10,12-16H2,1H3. The number of hydrogen-bond donors (Lipinski definition) is 2. The molecule has 0 aromatic carbocycles. The maximum Gasteiger partial charge on any atom is 0.125 e. The molecule has 0 bridgehead atoms. The van der Waals surface area contributed by atoms with E-state index in [0.29, 0.717) is 5.92 Å². The highest BCUT2D eigenvalue weighted by molar-refractivity contribution is 5.50. The average molecular weight is 445 g/mol. The van der Waals surface area contributed by atoms with Crippen LogP contribution in [0.15, 0.2) is 71.4 Å². The Labute approximate surface area is 198 Å². The van der Waals surface area contributed by atoms with Gasteiger partial charge in [-0.15, -0.1) is 0 Å². The molecule has 2 heterocycles. The summed E-state index contributed by atoms with van der Waals surface area (Å²) in [6.07, 6.45) is 19.9. The zero-order valence-corrected chi connectivity index (χ0v) is 19.7. The molecular weight excluding hydrogens is 408 g/mol. The van der Waals surface area contributed by atoms with Crippen LogP contribution in [0.1, 0.15) is 51.0 Å². The summed E-state index contributed by atoms with van der Waals surface area (Å²) in [5.74, 6) is 1.50. The molecule has 3 unspecified atom stereocenters. The first kappa shape index (κ1) is 23.3. The molecular formula is C28H36N4O. The number of nitrogens with zero attached hydrogens (tertiary/aromatic N) is 2. The smallest absolute Gasteiger partial charge is 0.125 e. The Bertz CT molecular complexity index is 954. The van der Waals surface area contributed by atoms with E-state index in [4.69, 9.17) is 4.74 Å². The molecule has 3 aliphatic rings. The predicted octanol–water partition coefficient (Wildman–Crippen LogP) is 4.97. The van der Waals surface area contributed by atoms with E-state index < -0.39 is 0 Å². The molecule has 1 aromatic rings. The van der Waals surface area contributed by atoms with Crippen LogP contribution in [0.4, 0.5) is 0 Å². The maximum atomic E-state index is 9.43. The Morgan fingerprint density at radius 2 is 2.24 bits per heavy atom. The largest absolute Gasteiger partial charge is 0.490 e. The summed E-state index contributed by atoms with van der Waals surface area (Å²) in [6, 6.07) is 6.60. The van der Waals surface area contributed by atoms with E-state index in [2.05, 4.69) is 59.1 Å². The minimum atomic E-state index is 0.155. The number of fused-ring (bicyclic) bond motifs is 1. The van der Waals surface area contributed by atoms with Crippen LogP contribution in [0.2, 0.25) is 0 Å². The fourth-order valence-corrected chi connectivity index (χ4v) is 4.92. The molecule has 5 heteroatoms. The number of nitrogens with one attached hydrogen (secondary N) is 2. The van der Waals surface area contributed by atoms with Crippen LogP contribution >= 0.6 is 0 Å². The number of aromatic nitrogens is 1. The van der Waals surface area contributed by atoms with Crippen molar-refractivity contribution in [2.24, 2.45) is 11.8 Å². The third kappa shape index (κ3) is 6.36. The van der Waals surface area contributed by atoms with Gasteiger partial charge < -0.3 is 15.4 Å². The predicted molar refractivity (Wildman–Crippen MR) is 132 cm³/mol. The van der Waals surface area contributed by atoms with Crippen molar-refractivity contribution in [1.82, 2.24) is 15.6 Å². The van der Waals surface area contributed by atoms with Gasteiger partial charge in [-0.05, 0) is 81.3 Å².